The summed E-state index contributed by atoms with van der Waals surface area (Å²) in [5.74, 6) is -2.47. The summed E-state index contributed by atoms with van der Waals surface area (Å²) >= 11 is 0. The van der Waals surface area contributed by atoms with E-state index in [0.717, 1.165) is 17.1 Å². The Balaban J connectivity index is 0.941. The van der Waals surface area contributed by atoms with Crippen LogP contribution in [0, 0.1) is 0 Å². The van der Waals surface area contributed by atoms with E-state index in [4.69, 9.17) is 75.8 Å². The molecule has 43 heteroatoms. The zero-order chi connectivity index (χ0) is 71.8. The van der Waals surface area contributed by atoms with Crippen LogP contribution in [0.3, 0.4) is 0 Å². The molecule has 22 aliphatic rings. The van der Waals surface area contributed by atoms with Gasteiger partial charge in [-0.05, 0) is 0 Å². The standard InChI is InChI=1S/C56H89N3O40/c60-11-18-43-29(58-26(68)4-7-84-9-10-85-8-5-57-25(67)3-6-59-27(69)1-2-28(59)70)30(71)50(86-18)94-44-19(12-61)88-52(38(79)32(44)73)96-46-21(14-63)90-54(40(81)34(46)75)98-48-23(16-65)92-56(42(83)36(48)77)99-49-24(17-66)91-55(41(82)35(49)76)97-47-22(15-64)89-53(39(80)33(47)74)95-45-20(13-62)87-51(93-43)37(78)31(45)72/h1-2,18-24,29-56,60-66,71-83H,3-17H2,(H,57,67)(H,58,68)/t18-,19+,20-,21+,22-,23+,24-,29-,30-,31-,32+,33-,34+,35-,36+,37-,38+,39-,40+,41-,42+,43-,44+,45-,46+,47-,48+,49-,50-,51-,52+,53-,54+,55-,56+/m0/s1. The summed E-state index contributed by atoms with van der Waals surface area (Å²) in [4.78, 5) is 50.4. The smallest absolute Gasteiger partial charge is 0.253 e. The van der Waals surface area contributed by atoms with Crippen LogP contribution in [0.5, 0.6) is 0 Å². The number of hydrogen-bond acceptors (Lipinski definition) is 40. The SMILES string of the molecule is O=C(CCN1C(=O)C=CC1=O)NCCOCCOCCC(=O)N[C@H]1[C@H](O)[C@@H]2O[C@H]3[C@H](O)[C@@H](O)[C@@H](O[C@H]4[C@H](O)[C@@H](O)[C@@H](O[C@H]5[C@H](O)[C@@H](O)[C@@H](O[C@@H]6[C@@H](O)[C@H](O)[C@H](O[C@@H]7[C@@H](O)[C@H](O)[C@H](O[C@@H]8[C@@H](O)[C@H](O)[C@H](O[C@H]1[C@H](CO)O2)O[C@H]8CO)O[C@H]7CO)O[C@H]6CO)O[C@@H]5CO)O[C@@H]4CO)O[C@@H]3CO. The van der Waals surface area contributed by atoms with Crippen molar-refractivity contribution in [1.29, 1.82) is 0 Å². The topological polar surface area (TPSA) is 648 Å². The fourth-order valence-corrected chi connectivity index (χ4v) is 12.6. The van der Waals surface area contributed by atoms with Crippen molar-refractivity contribution in [3.8, 4) is 0 Å². The van der Waals surface area contributed by atoms with E-state index >= 15 is 0 Å². The number of imide groups is 1. The third-order valence-corrected chi connectivity index (χ3v) is 18.0. The number of aliphatic hydroxyl groups excluding tert-OH is 20. The average molecular weight is 1440 g/mol. The average Bonchev–Trinajstić information content (AvgIpc) is 1.11. The highest BCUT2D eigenvalue weighted by molar-refractivity contribution is 6.13. The molecular formula is C56H89N3O40. The summed E-state index contributed by atoms with van der Waals surface area (Å²) in [5, 5.41) is 229. The van der Waals surface area contributed by atoms with Crippen molar-refractivity contribution in [2.45, 2.75) is 228 Å². The molecule has 22 heterocycles. The fourth-order valence-electron chi connectivity index (χ4n) is 12.6. The van der Waals surface area contributed by atoms with Gasteiger partial charge in [-0.1, -0.05) is 0 Å². The van der Waals surface area contributed by atoms with Gasteiger partial charge in [-0.25, -0.2) is 0 Å². The van der Waals surface area contributed by atoms with Crippen molar-refractivity contribution in [2.24, 2.45) is 0 Å². The van der Waals surface area contributed by atoms with Gasteiger partial charge in [-0.3, -0.25) is 24.1 Å². The first-order valence-electron chi connectivity index (χ1n) is 31.9. The first-order chi connectivity index (χ1) is 47.3. The van der Waals surface area contributed by atoms with E-state index in [0.29, 0.717) is 0 Å². The van der Waals surface area contributed by atoms with Gasteiger partial charge in [0, 0.05) is 38.1 Å². The number of carbonyl (C=O) groups excluding carboxylic acids is 4. The first kappa shape index (κ1) is 79.5. The lowest BCUT2D eigenvalue weighted by molar-refractivity contribution is -0.396. The van der Waals surface area contributed by atoms with Crippen molar-refractivity contribution in [2.75, 3.05) is 85.8 Å². The van der Waals surface area contributed by atoms with Crippen LogP contribution in [0.4, 0.5) is 0 Å². The van der Waals surface area contributed by atoms with Crippen molar-refractivity contribution < 1.29 is 197 Å². The van der Waals surface area contributed by atoms with Crippen molar-refractivity contribution >= 4 is 23.6 Å². The minimum Gasteiger partial charge on any atom is -0.394 e. The zero-order valence-corrected chi connectivity index (χ0v) is 52.5. The highest BCUT2D eigenvalue weighted by atomic mass is 16.8. The third-order valence-electron chi connectivity index (χ3n) is 18.0. The predicted molar refractivity (Wildman–Crippen MR) is 304 cm³/mol. The Labute approximate surface area is 560 Å². The van der Waals surface area contributed by atoms with Crippen LogP contribution in [0.1, 0.15) is 12.8 Å². The molecule has 0 radical (unpaired) electrons. The van der Waals surface area contributed by atoms with E-state index in [2.05, 4.69) is 10.6 Å². The molecule has 0 aromatic heterocycles. The van der Waals surface area contributed by atoms with Crippen LogP contribution in [0.25, 0.3) is 0 Å². The van der Waals surface area contributed by atoms with E-state index in [-0.39, 0.29) is 45.9 Å². The van der Waals surface area contributed by atoms with E-state index < -0.39 is 291 Å². The predicted octanol–water partition coefficient (Wildman–Crippen LogP) is -16.3. The first-order valence-corrected chi connectivity index (χ1v) is 31.9. The molecule has 0 saturated carbocycles. The van der Waals surface area contributed by atoms with Crippen molar-refractivity contribution in [1.82, 2.24) is 15.5 Å². The summed E-state index contributed by atoms with van der Waals surface area (Å²) in [5.41, 5.74) is 0. The lowest BCUT2D eigenvalue weighted by Gasteiger charge is -2.50. The van der Waals surface area contributed by atoms with Gasteiger partial charge in [0.2, 0.25) is 11.8 Å². The number of ether oxygens (including phenoxy) is 16. The molecule has 22 N–H and O–H groups in total. The van der Waals surface area contributed by atoms with Crippen LogP contribution in [-0.4, -0.2) is 431 Å². The molecule has 568 valence electrons. The van der Waals surface area contributed by atoms with Gasteiger partial charge in [-0.15, -0.1) is 0 Å². The molecule has 22 aliphatic heterocycles. The van der Waals surface area contributed by atoms with E-state index in [1.165, 1.54) is 0 Å². The molecule has 22 rings (SSSR count). The summed E-state index contributed by atoms with van der Waals surface area (Å²) < 4.78 is 92.2. The van der Waals surface area contributed by atoms with E-state index in [9.17, 15) is 121 Å². The van der Waals surface area contributed by atoms with Gasteiger partial charge in [0.25, 0.3) is 11.8 Å². The second-order valence-electron chi connectivity index (χ2n) is 24.5. The number of nitrogens with one attached hydrogen (secondary N) is 2. The largest absolute Gasteiger partial charge is 0.394 e. The number of rotatable bonds is 20. The molecule has 0 unspecified atom stereocenters. The van der Waals surface area contributed by atoms with E-state index in [1.807, 2.05) is 0 Å². The molecular weight excluding hydrogens is 1350 g/mol. The summed E-state index contributed by atoms with van der Waals surface area (Å²) in [7, 11) is 0. The molecule has 35 atom stereocenters. The van der Waals surface area contributed by atoms with E-state index in [1.54, 1.807) is 0 Å². The second-order valence-corrected chi connectivity index (χ2v) is 24.5. The van der Waals surface area contributed by atoms with Crippen molar-refractivity contribution in [3.63, 3.8) is 0 Å². The molecule has 0 aromatic carbocycles. The molecule has 21 saturated heterocycles. The minimum absolute atomic E-state index is 0.00272. The lowest BCUT2D eigenvalue weighted by atomic mass is 9.93. The highest BCUT2D eigenvalue weighted by Gasteiger charge is 2.60. The number of aliphatic hydroxyl groups is 20. The third kappa shape index (κ3) is 17.9. The van der Waals surface area contributed by atoms with Crippen LogP contribution >= 0.6 is 0 Å². The molecule has 14 bridgehead atoms. The Hall–Kier alpha value is -3.62. The number of hydrogen-bond donors (Lipinski definition) is 22. The molecule has 0 aromatic rings. The normalized spacial score (nSPS) is 46.3. The Morgan fingerprint density at radius 2 is 0.596 bits per heavy atom. The second kappa shape index (κ2) is 35.9. The van der Waals surface area contributed by atoms with Crippen LogP contribution in [0.15, 0.2) is 12.2 Å². The van der Waals surface area contributed by atoms with Gasteiger partial charge in [0.05, 0.1) is 78.7 Å². The maximum Gasteiger partial charge on any atom is 0.253 e. The van der Waals surface area contributed by atoms with Gasteiger partial charge in [-0.2, -0.15) is 0 Å². The molecule has 99 heavy (non-hydrogen) atoms. The maximum absolute atomic E-state index is 13.8. The monoisotopic (exact) mass is 1440 g/mol. The number of nitrogens with zero attached hydrogens (tertiary/aromatic N) is 1. The Morgan fingerprint density at radius 1 is 0.333 bits per heavy atom. The molecule has 0 spiro atoms. The molecule has 43 nitrogen and oxygen atoms in total. The number of carbonyl (C=O) groups is 4. The van der Waals surface area contributed by atoms with Gasteiger partial charge in [0.15, 0.2) is 44.0 Å². The molecule has 0 aliphatic carbocycles. The van der Waals surface area contributed by atoms with Crippen LogP contribution in [0.2, 0.25) is 0 Å². The summed E-state index contributed by atoms with van der Waals surface area (Å²) in [6, 6.07) is -1.88. The minimum atomic E-state index is -2.30. The lowest BCUT2D eigenvalue weighted by Crippen LogP contribution is -2.70. The maximum atomic E-state index is 13.8. The van der Waals surface area contributed by atoms with Gasteiger partial charge in [0.1, 0.15) is 165 Å². The summed E-state index contributed by atoms with van der Waals surface area (Å²) in [6.07, 6.45) is -68.6. The Morgan fingerprint density at radius 3 is 0.889 bits per heavy atom. The van der Waals surface area contributed by atoms with Crippen LogP contribution < -0.4 is 10.6 Å². The quantitative estimate of drug-likeness (QED) is 0.0398. The Bertz CT molecular complexity index is 2580. The molecule has 21 fully saturated rings. The number of amides is 4. The molecule has 4 amide bonds. The van der Waals surface area contributed by atoms with Crippen LogP contribution in [-0.2, 0) is 95.0 Å². The Kier molecular flexibility index (Phi) is 28.8. The van der Waals surface area contributed by atoms with Crippen molar-refractivity contribution in [3.05, 3.63) is 12.2 Å². The van der Waals surface area contributed by atoms with Gasteiger partial charge >= 0.3 is 0 Å². The highest BCUT2D eigenvalue weighted by Crippen LogP contribution is 2.39. The fraction of sp³-hybridized carbons (Fsp3) is 0.893. The summed E-state index contributed by atoms with van der Waals surface area (Å²) in [6.45, 7) is -8.25. The zero-order valence-electron chi connectivity index (χ0n) is 52.5. The van der Waals surface area contributed by atoms with Gasteiger partial charge < -0.3 is 189 Å².